The van der Waals surface area contributed by atoms with Crippen LogP contribution in [0.4, 0.5) is 0 Å². The van der Waals surface area contributed by atoms with Gasteiger partial charge < -0.3 is 11.1 Å². The molecule has 1 aromatic rings. The van der Waals surface area contributed by atoms with Crippen molar-refractivity contribution in [2.75, 3.05) is 0 Å². The van der Waals surface area contributed by atoms with Crippen LogP contribution in [0.3, 0.4) is 0 Å². The molecule has 2 unspecified atom stereocenters. The summed E-state index contributed by atoms with van der Waals surface area (Å²) in [6, 6.07) is 10.3. The first kappa shape index (κ1) is 15.7. The fourth-order valence-corrected chi connectivity index (χ4v) is 2.41. The van der Waals surface area contributed by atoms with E-state index in [9.17, 15) is 4.79 Å². The number of nitrogens with one attached hydrogen (secondary N) is 1. The van der Waals surface area contributed by atoms with Gasteiger partial charge in [-0.15, -0.1) is 0 Å². The highest BCUT2D eigenvalue weighted by Gasteiger charge is 2.31. The number of carbonyl (C=O) groups excluding carboxylic acids is 1. The van der Waals surface area contributed by atoms with Gasteiger partial charge in [0.25, 0.3) is 0 Å². The van der Waals surface area contributed by atoms with Crippen LogP contribution in [0, 0.1) is 0 Å². The molecule has 0 spiro atoms. The van der Waals surface area contributed by atoms with Gasteiger partial charge in [-0.25, -0.2) is 0 Å². The molecule has 0 aromatic heterocycles. The van der Waals surface area contributed by atoms with Gasteiger partial charge in [0.15, 0.2) is 0 Å². The molecule has 0 saturated carbocycles. The van der Waals surface area contributed by atoms with E-state index >= 15 is 0 Å². The van der Waals surface area contributed by atoms with Gasteiger partial charge in [0, 0.05) is 23.9 Å². The summed E-state index contributed by atoms with van der Waals surface area (Å²) in [7, 11) is 0. The second-order valence-corrected chi connectivity index (χ2v) is 5.80. The molecule has 1 rings (SSSR count). The predicted octanol–water partition coefficient (Wildman–Crippen LogP) is 2.60. The van der Waals surface area contributed by atoms with Crippen LogP contribution in [0.25, 0.3) is 0 Å². The van der Waals surface area contributed by atoms with Crippen LogP contribution in [0.1, 0.15) is 46.1 Å². The zero-order valence-corrected chi connectivity index (χ0v) is 12.4. The van der Waals surface area contributed by atoms with Crippen LogP contribution in [0.2, 0.25) is 0 Å². The van der Waals surface area contributed by atoms with Crippen molar-refractivity contribution in [1.82, 2.24) is 5.32 Å². The predicted molar refractivity (Wildman–Crippen MR) is 80.0 cm³/mol. The summed E-state index contributed by atoms with van der Waals surface area (Å²) in [5.41, 5.74) is 6.81. The molecule has 0 aliphatic heterocycles. The van der Waals surface area contributed by atoms with Crippen LogP contribution < -0.4 is 11.1 Å². The van der Waals surface area contributed by atoms with E-state index in [0.717, 1.165) is 6.42 Å². The van der Waals surface area contributed by atoms with E-state index in [1.807, 2.05) is 25.1 Å². The molecule has 0 saturated heterocycles. The highest BCUT2D eigenvalue weighted by Crippen LogP contribution is 2.28. The van der Waals surface area contributed by atoms with Gasteiger partial charge in [-0.1, -0.05) is 51.1 Å². The van der Waals surface area contributed by atoms with Gasteiger partial charge in [-0.2, -0.15) is 0 Å². The van der Waals surface area contributed by atoms with Gasteiger partial charge >= 0.3 is 0 Å². The van der Waals surface area contributed by atoms with Crippen LogP contribution in [0.15, 0.2) is 30.3 Å². The lowest BCUT2D eigenvalue weighted by atomic mass is 9.76. The molecule has 106 valence electrons. The maximum atomic E-state index is 11.9. The molecular weight excluding hydrogens is 236 g/mol. The van der Waals surface area contributed by atoms with Crippen molar-refractivity contribution in [3.63, 3.8) is 0 Å². The number of hydrogen-bond acceptors (Lipinski definition) is 2. The van der Waals surface area contributed by atoms with Gasteiger partial charge in [-0.3, -0.25) is 4.79 Å². The Labute approximate surface area is 116 Å². The molecule has 0 aliphatic rings. The molecule has 1 amide bonds. The van der Waals surface area contributed by atoms with E-state index in [1.165, 1.54) is 5.56 Å². The number of hydrogen-bond donors (Lipinski definition) is 2. The molecular formula is C16H26N2O. The zero-order chi connectivity index (χ0) is 14.5. The summed E-state index contributed by atoms with van der Waals surface area (Å²) in [6.07, 6.45) is 1.27. The standard InChI is InChI=1S/C16H26N2O/c1-5-14(18-15(19)11-12(2)17)16(3,4)13-9-7-6-8-10-13/h6-10,12,14H,5,11,17H2,1-4H3,(H,18,19). The van der Waals surface area contributed by atoms with Crippen molar-refractivity contribution in [3.05, 3.63) is 35.9 Å². The van der Waals surface area contributed by atoms with Crippen LogP contribution in [0.5, 0.6) is 0 Å². The minimum absolute atomic E-state index is 0.0332. The third-order valence-corrected chi connectivity index (χ3v) is 3.64. The van der Waals surface area contributed by atoms with Gasteiger partial charge in [0.2, 0.25) is 5.91 Å². The SMILES string of the molecule is CCC(NC(=O)CC(C)N)C(C)(C)c1ccccc1. The smallest absolute Gasteiger partial charge is 0.221 e. The van der Waals surface area contributed by atoms with E-state index in [-0.39, 0.29) is 23.4 Å². The summed E-state index contributed by atoms with van der Waals surface area (Å²) in [6.45, 7) is 8.29. The molecule has 0 heterocycles. The van der Waals surface area contributed by atoms with E-state index < -0.39 is 0 Å². The van der Waals surface area contributed by atoms with Crippen molar-refractivity contribution in [3.8, 4) is 0 Å². The molecule has 0 radical (unpaired) electrons. The van der Waals surface area contributed by atoms with E-state index in [4.69, 9.17) is 5.73 Å². The normalized spacial score (nSPS) is 14.8. The summed E-state index contributed by atoms with van der Waals surface area (Å²) >= 11 is 0. The fraction of sp³-hybridized carbons (Fsp3) is 0.562. The van der Waals surface area contributed by atoms with Crippen molar-refractivity contribution in [1.29, 1.82) is 0 Å². The summed E-state index contributed by atoms with van der Waals surface area (Å²) < 4.78 is 0. The maximum absolute atomic E-state index is 11.9. The third kappa shape index (κ3) is 4.35. The molecule has 0 fully saturated rings. The maximum Gasteiger partial charge on any atom is 0.221 e. The van der Waals surface area contributed by atoms with Crippen LogP contribution >= 0.6 is 0 Å². The molecule has 3 heteroatoms. The number of carbonyl (C=O) groups is 1. The highest BCUT2D eigenvalue weighted by molar-refractivity contribution is 5.77. The average Bonchev–Trinajstić information content (AvgIpc) is 2.36. The Bertz CT molecular complexity index is 398. The Morgan fingerprint density at radius 2 is 1.89 bits per heavy atom. The number of amides is 1. The van der Waals surface area contributed by atoms with Crippen LogP contribution in [-0.4, -0.2) is 18.0 Å². The lowest BCUT2D eigenvalue weighted by Crippen LogP contribution is -2.48. The number of benzene rings is 1. The molecule has 0 bridgehead atoms. The van der Waals surface area contributed by atoms with Crippen molar-refractivity contribution >= 4 is 5.91 Å². The second kappa shape index (κ2) is 6.71. The largest absolute Gasteiger partial charge is 0.352 e. The molecule has 2 atom stereocenters. The topological polar surface area (TPSA) is 55.1 Å². The second-order valence-electron chi connectivity index (χ2n) is 5.80. The number of rotatable bonds is 6. The van der Waals surface area contributed by atoms with Crippen molar-refractivity contribution < 1.29 is 4.79 Å². The highest BCUT2D eigenvalue weighted by atomic mass is 16.1. The monoisotopic (exact) mass is 262 g/mol. The van der Waals surface area contributed by atoms with Crippen molar-refractivity contribution in [2.24, 2.45) is 5.73 Å². The summed E-state index contributed by atoms with van der Waals surface area (Å²) in [5, 5.41) is 3.12. The summed E-state index contributed by atoms with van der Waals surface area (Å²) in [5.74, 6) is 0.0332. The number of nitrogens with two attached hydrogens (primary N) is 1. The Morgan fingerprint density at radius 3 is 2.37 bits per heavy atom. The Balaban J connectivity index is 2.81. The quantitative estimate of drug-likeness (QED) is 0.828. The Hall–Kier alpha value is -1.35. The Kier molecular flexibility index (Phi) is 5.55. The lowest BCUT2D eigenvalue weighted by molar-refractivity contribution is -0.122. The van der Waals surface area contributed by atoms with Crippen LogP contribution in [-0.2, 0) is 10.2 Å². The van der Waals surface area contributed by atoms with E-state index in [2.05, 4.69) is 38.2 Å². The van der Waals surface area contributed by atoms with Crippen molar-refractivity contribution in [2.45, 2.75) is 58.0 Å². The first-order valence-electron chi connectivity index (χ1n) is 6.98. The average molecular weight is 262 g/mol. The van der Waals surface area contributed by atoms with Gasteiger partial charge in [0.1, 0.15) is 0 Å². The first-order valence-corrected chi connectivity index (χ1v) is 6.98. The van der Waals surface area contributed by atoms with Gasteiger partial charge in [0.05, 0.1) is 0 Å². The lowest BCUT2D eigenvalue weighted by Gasteiger charge is -2.35. The summed E-state index contributed by atoms with van der Waals surface area (Å²) in [4.78, 5) is 11.9. The molecule has 3 N–H and O–H groups in total. The molecule has 1 aromatic carbocycles. The third-order valence-electron chi connectivity index (χ3n) is 3.64. The first-order chi connectivity index (χ1) is 8.87. The molecule has 3 nitrogen and oxygen atoms in total. The Morgan fingerprint density at radius 1 is 1.32 bits per heavy atom. The van der Waals surface area contributed by atoms with Gasteiger partial charge in [-0.05, 0) is 18.9 Å². The zero-order valence-electron chi connectivity index (χ0n) is 12.4. The van der Waals surface area contributed by atoms with E-state index in [1.54, 1.807) is 0 Å². The minimum atomic E-state index is -0.0997. The van der Waals surface area contributed by atoms with E-state index in [0.29, 0.717) is 6.42 Å². The minimum Gasteiger partial charge on any atom is -0.352 e. The fourth-order valence-electron chi connectivity index (χ4n) is 2.41. The molecule has 0 aliphatic carbocycles. The molecule has 19 heavy (non-hydrogen) atoms.